The van der Waals surface area contributed by atoms with Crippen molar-refractivity contribution < 1.29 is 51.7 Å². The van der Waals surface area contributed by atoms with Crippen LogP contribution >= 0.6 is 7.60 Å². The molecule has 0 aromatic heterocycles. The lowest BCUT2D eigenvalue weighted by atomic mass is 9.88. The van der Waals surface area contributed by atoms with Gasteiger partial charge in [0.2, 0.25) is 23.4 Å². The summed E-state index contributed by atoms with van der Waals surface area (Å²) < 4.78 is 47.8. The van der Waals surface area contributed by atoms with Gasteiger partial charge in [0.15, 0.2) is 0 Å². The minimum atomic E-state index is -4.32. The number of hydrogen-bond acceptors (Lipinski definition) is 11. The van der Waals surface area contributed by atoms with Gasteiger partial charge in [0.1, 0.15) is 19.3 Å². The normalized spacial score (nSPS) is 19.6. The summed E-state index contributed by atoms with van der Waals surface area (Å²) in [6.45, 7) is 4.46. The lowest BCUT2D eigenvalue weighted by molar-refractivity contribution is -0.205. The molecule has 2 aromatic rings. The third-order valence-electron chi connectivity index (χ3n) is 7.53. The van der Waals surface area contributed by atoms with Crippen LogP contribution in [0.3, 0.4) is 0 Å². The predicted molar refractivity (Wildman–Crippen MR) is 164 cm³/mol. The predicted octanol–water partition coefficient (Wildman–Crippen LogP) is 3.35. The molecule has 0 radical (unpaired) electrons. The number of amides is 2. The lowest BCUT2D eigenvalue weighted by Crippen LogP contribution is -2.74. The molecule has 0 spiro atoms. The largest absolute Gasteiger partial charge is 0.460 e. The molecule has 1 N–H and O–H groups in total. The molecule has 2 fully saturated rings. The second-order valence-corrected chi connectivity index (χ2v) is 12.9. The van der Waals surface area contributed by atoms with Crippen molar-refractivity contribution in [2.45, 2.75) is 70.3 Å². The fourth-order valence-electron chi connectivity index (χ4n) is 5.45. The van der Waals surface area contributed by atoms with Crippen molar-refractivity contribution in [3.05, 3.63) is 71.8 Å². The molecule has 13 nitrogen and oxygen atoms in total. The first-order valence-electron chi connectivity index (χ1n) is 15.3. The van der Waals surface area contributed by atoms with Crippen molar-refractivity contribution in [3.63, 3.8) is 0 Å². The van der Waals surface area contributed by atoms with E-state index < -0.39 is 55.0 Å². The Hall–Kier alpha value is -3.61. The van der Waals surface area contributed by atoms with E-state index >= 15 is 0 Å². The van der Waals surface area contributed by atoms with Gasteiger partial charge < -0.3 is 38.2 Å². The number of nitrogens with one attached hydrogen (secondary N) is 1. The molecule has 4 rings (SSSR count). The Kier molecular flexibility index (Phi) is 12.5. The molecule has 2 aliphatic heterocycles. The number of hydrogen-bond donors (Lipinski definition) is 1. The van der Waals surface area contributed by atoms with Crippen LogP contribution in [0.25, 0.3) is 0 Å². The second kappa shape index (κ2) is 16.3. The highest BCUT2D eigenvalue weighted by Crippen LogP contribution is 2.57. The van der Waals surface area contributed by atoms with E-state index in [1.165, 1.54) is 6.92 Å². The minimum absolute atomic E-state index is 0.0128. The summed E-state index contributed by atoms with van der Waals surface area (Å²) in [5.74, 6) is -5.65. The number of ether oxygens (including phenoxy) is 4. The van der Waals surface area contributed by atoms with Gasteiger partial charge in [0.25, 0.3) is 0 Å². The van der Waals surface area contributed by atoms with Crippen molar-refractivity contribution in [1.29, 1.82) is 0 Å². The average Bonchev–Trinajstić information content (AvgIpc) is 3.51. The van der Waals surface area contributed by atoms with Gasteiger partial charge in [-0.25, -0.2) is 4.79 Å². The average molecular weight is 661 g/mol. The minimum Gasteiger partial charge on any atom is -0.460 e. The van der Waals surface area contributed by atoms with Gasteiger partial charge >= 0.3 is 19.5 Å². The van der Waals surface area contributed by atoms with Crippen LogP contribution in [0.2, 0.25) is 0 Å². The molecule has 0 saturated carbocycles. The Labute approximate surface area is 268 Å². The van der Waals surface area contributed by atoms with E-state index in [2.05, 4.69) is 5.32 Å². The molecule has 2 saturated heterocycles. The highest BCUT2D eigenvalue weighted by atomic mass is 31.2. The number of esters is 2. The van der Waals surface area contributed by atoms with Crippen LogP contribution in [0.5, 0.6) is 0 Å². The zero-order valence-corrected chi connectivity index (χ0v) is 27.1. The summed E-state index contributed by atoms with van der Waals surface area (Å²) >= 11 is 0. The fourth-order valence-corrected chi connectivity index (χ4v) is 7.45. The zero-order chi connectivity index (χ0) is 33.2. The molecule has 2 aliphatic rings. The van der Waals surface area contributed by atoms with Crippen LogP contribution in [0, 0.1) is 0 Å². The summed E-state index contributed by atoms with van der Waals surface area (Å²) in [6, 6.07) is 15.9. The fraction of sp³-hybridized carbons (Fsp3) is 0.500. The molecule has 14 heteroatoms. The quantitative estimate of drug-likeness (QED) is 0.151. The van der Waals surface area contributed by atoms with Crippen LogP contribution in [0.4, 0.5) is 0 Å². The topological polar surface area (TPSA) is 156 Å². The highest BCUT2D eigenvalue weighted by molar-refractivity contribution is 7.55. The Morgan fingerprint density at radius 1 is 0.957 bits per heavy atom. The maximum atomic E-state index is 14.2. The van der Waals surface area contributed by atoms with Crippen molar-refractivity contribution in [1.82, 2.24) is 10.2 Å². The number of nitrogens with zero attached hydrogens (tertiary/aromatic N) is 1. The molecular weight excluding hydrogens is 619 g/mol. The van der Waals surface area contributed by atoms with Gasteiger partial charge in [0.05, 0.1) is 38.9 Å². The summed E-state index contributed by atoms with van der Waals surface area (Å²) in [7, 11) is -4.32. The summed E-state index contributed by atoms with van der Waals surface area (Å²) in [5, 5.41) is 2.78. The zero-order valence-electron chi connectivity index (χ0n) is 26.3. The molecule has 2 aromatic carbocycles. The smallest absolute Gasteiger partial charge is 0.364 e. The Bertz CT molecular complexity index is 1370. The van der Waals surface area contributed by atoms with Crippen LogP contribution < -0.4 is 5.32 Å². The van der Waals surface area contributed by atoms with Gasteiger partial charge in [0, 0.05) is 13.3 Å². The van der Waals surface area contributed by atoms with E-state index in [4.69, 9.17) is 28.0 Å². The number of likely N-dealkylation sites (tertiary alicyclic amines) is 1. The standard InChI is InChI=1S/C32H41N2O11P/c1-4-44-46(39,45-5-2)30(31(38)40-21-25-14-10-7-11-15-25)34-26(16-17-32(22-41-23(3)35)42-18-19-43-32)28(29(34)37)33-27(36)20-24-12-8-6-9-13-24/h6-15,26,28,30H,4-5,16-22H2,1-3H3,(H,33,36)/t26-,28+,30-/m1/s1. The van der Waals surface area contributed by atoms with Crippen molar-refractivity contribution >= 4 is 31.3 Å². The summed E-state index contributed by atoms with van der Waals surface area (Å²) in [4.78, 5) is 53.4. The van der Waals surface area contributed by atoms with Gasteiger partial charge in [-0.05, 0) is 31.4 Å². The molecule has 0 aliphatic carbocycles. The van der Waals surface area contributed by atoms with Gasteiger partial charge in [-0.2, -0.15) is 0 Å². The molecule has 0 bridgehead atoms. The number of rotatable bonds is 17. The highest BCUT2D eigenvalue weighted by Gasteiger charge is 2.60. The van der Waals surface area contributed by atoms with Crippen molar-refractivity contribution in [2.24, 2.45) is 0 Å². The van der Waals surface area contributed by atoms with Crippen LogP contribution in [0.15, 0.2) is 60.7 Å². The number of benzene rings is 2. The molecule has 250 valence electrons. The van der Waals surface area contributed by atoms with Crippen LogP contribution in [0.1, 0.15) is 44.7 Å². The van der Waals surface area contributed by atoms with Crippen LogP contribution in [-0.4, -0.2) is 85.3 Å². The SMILES string of the molecule is CCOP(=O)(OCC)[C@H](C(=O)OCc1ccccc1)N1C(=O)[C@@H](NC(=O)Cc2ccccc2)[C@H]1CCC1(COC(C)=O)OCCO1. The van der Waals surface area contributed by atoms with Gasteiger partial charge in [-0.3, -0.25) is 18.9 Å². The molecule has 3 atom stereocenters. The Balaban J connectivity index is 1.64. The maximum absolute atomic E-state index is 14.2. The van der Waals surface area contributed by atoms with Gasteiger partial charge in [-0.1, -0.05) is 60.7 Å². The third kappa shape index (κ3) is 8.80. The van der Waals surface area contributed by atoms with E-state index in [9.17, 15) is 23.7 Å². The molecule has 2 heterocycles. The first kappa shape index (κ1) is 35.2. The second-order valence-electron chi connectivity index (χ2n) is 10.8. The summed E-state index contributed by atoms with van der Waals surface area (Å²) in [6.07, 6.45) is 0.224. The lowest BCUT2D eigenvalue weighted by Gasteiger charge is -2.51. The van der Waals surface area contributed by atoms with E-state index in [1.54, 1.807) is 62.4 Å². The van der Waals surface area contributed by atoms with Crippen molar-refractivity contribution in [3.8, 4) is 0 Å². The molecule has 2 amide bonds. The Morgan fingerprint density at radius 3 is 2.11 bits per heavy atom. The molecule has 0 unspecified atom stereocenters. The maximum Gasteiger partial charge on any atom is 0.364 e. The first-order valence-corrected chi connectivity index (χ1v) is 16.9. The van der Waals surface area contributed by atoms with E-state index in [0.29, 0.717) is 5.56 Å². The molecular formula is C32H41N2O11P. The number of carbonyl (C=O) groups is 4. The van der Waals surface area contributed by atoms with E-state index in [1.807, 2.05) is 12.1 Å². The van der Waals surface area contributed by atoms with Crippen molar-refractivity contribution in [2.75, 3.05) is 33.0 Å². The van der Waals surface area contributed by atoms with Crippen LogP contribution in [-0.2, 0) is 64.8 Å². The summed E-state index contributed by atoms with van der Waals surface area (Å²) in [5.41, 5.74) is 1.42. The van der Waals surface area contributed by atoms with Gasteiger partial charge in [-0.15, -0.1) is 0 Å². The Morgan fingerprint density at radius 2 is 1.54 bits per heavy atom. The first-order chi connectivity index (χ1) is 22.1. The van der Waals surface area contributed by atoms with E-state index in [-0.39, 0.29) is 58.9 Å². The third-order valence-corrected chi connectivity index (χ3v) is 9.83. The number of carbonyl (C=O) groups excluding carboxylic acids is 4. The van der Waals surface area contributed by atoms with E-state index in [0.717, 1.165) is 10.5 Å². The monoisotopic (exact) mass is 660 g/mol. The molecule has 46 heavy (non-hydrogen) atoms. The number of β-lactam (4-membered cyclic amide) rings is 1.